The van der Waals surface area contributed by atoms with E-state index in [9.17, 15) is 4.79 Å². The number of carbonyl (C=O) groups is 1. The quantitative estimate of drug-likeness (QED) is 0.920. The molecule has 0 saturated heterocycles. The monoisotopic (exact) mass is 327 g/mol. The van der Waals surface area contributed by atoms with Crippen molar-refractivity contribution in [1.82, 2.24) is 19.9 Å². The minimum absolute atomic E-state index is 0.162. The average molecular weight is 327 g/mol. The van der Waals surface area contributed by atoms with Crippen LogP contribution in [0.25, 0.3) is 0 Å². The average Bonchev–Trinajstić information content (AvgIpc) is 2.91. The summed E-state index contributed by atoms with van der Waals surface area (Å²) >= 11 is 0. The van der Waals surface area contributed by atoms with Crippen LogP contribution in [0.3, 0.4) is 0 Å². The second-order valence-corrected chi connectivity index (χ2v) is 6.45. The summed E-state index contributed by atoms with van der Waals surface area (Å²) in [5, 5.41) is 11.2. The number of ether oxygens (including phenoxy) is 1. The van der Waals surface area contributed by atoms with E-state index in [-0.39, 0.29) is 11.6 Å². The van der Waals surface area contributed by atoms with Crippen LogP contribution in [0.2, 0.25) is 0 Å². The normalized spacial score (nSPS) is 18.3. The van der Waals surface area contributed by atoms with Gasteiger partial charge in [-0.3, -0.25) is 5.32 Å². The van der Waals surface area contributed by atoms with Crippen LogP contribution in [-0.2, 0) is 13.1 Å². The molecule has 4 rings (SSSR count). The Bertz CT molecular complexity index is 753. The molecule has 2 amide bonds. The van der Waals surface area contributed by atoms with Gasteiger partial charge in [0.2, 0.25) is 0 Å². The highest BCUT2D eigenvalue weighted by molar-refractivity contribution is 5.88. The molecular formula is C17H21N5O2. The first-order valence-corrected chi connectivity index (χ1v) is 8.40. The van der Waals surface area contributed by atoms with Crippen molar-refractivity contribution in [3.8, 4) is 5.75 Å². The minimum Gasteiger partial charge on any atom is -0.485 e. The molecule has 1 saturated carbocycles. The van der Waals surface area contributed by atoms with Gasteiger partial charge in [0, 0.05) is 5.56 Å². The lowest BCUT2D eigenvalue weighted by molar-refractivity contribution is -0.0199. The fourth-order valence-electron chi connectivity index (χ4n) is 3.28. The van der Waals surface area contributed by atoms with Gasteiger partial charge in [-0.05, 0) is 32.3 Å². The summed E-state index contributed by atoms with van der Waals surface area (Å²) in [7, 11) is 0. The summed E-state index contributed by atoms with van der Waals surface area (Å²) in [5.74, 6) is 1.37. The fraction of sp³-hybridized carbons (Fsp3) is 0.471. The highest BCUT2D eigenvalue weighted by Crippen LogP contribution is 2.41. The zero-order valence-electron chi connectivity index (χ0n) is 13.7. The number of hydrogen-bond donors (Lipinski definition) is 1. The lowest BCUT2D eigenvalue weighted by Crippen LogP contribution is -2.52. The third kappa shape index (κ3) is 2.70. The van der Waals surface area contributed by atoms with Crippen molar-refractivity contribution in [1.29, 1.82) is 0 Å². The van der Waals surface area contributed by atoms with Crippen molar-refractivity contribution in [2.24, 2.45) is 0 Å². The molecule has 126 valence electrons. The smallest absolute Gasteiger partial charge is 0.323 e. The predicted molar refractivity (Wildman–Crippen MR) is 88.8 cm³/mol. The van der Waals surface area contributed by atoms with E-state index >= 15 is 0 Å². The molecule has 7 heteroatoms. The number of nitrogens with zero attached hydrogens (tertiary/aromatic N) is 4. The number of anilines is 1. The number of urea groups is 1. The second-order valence-electron chi connectivity index (χ2n) is 6.45. The van der Waals surface area contributed by atoms with Gasteiger partial charge >= 0.3 is 6.03 Å². The van der Waals surface area contributed by atoms with Gasteiger partial charge in [0.15, 0.2) is 5.82 Å². The Labute approximate surface area is 140 Å². The SMILES string of the molecule is CCn1ncc(NC(=O)N2Cc3ccccc3OC3(CCC3)C2)n1. The largest absolute Gasteiger partial charge is 0.485 e. The van der Waals surface area contributed by atoms with Crippen LogP contribution >= 0.6 is 0 Å². The summed E-state index contributed by atoms with van der Waals surface area (Å²) in [5.41, 5.74) is 0.791. The van der Waals surface area contributed by atoms with Crippen LogP contribution in [0.15, 0.2) is 30.5 Å². The van der Waals surface area contributed by atoms with Crippen molar-refractivity contribution < 1.29 is 9.53 Å². The molecule has 1 aliphatic heterocycles. The molecule has 2 heterocycles. The van der Waals surface area contributed by atoms with E-state index in [4.69, 9.17) is 4.74 Å². The number of carbonyl (C=O) groups excluding carboxylic acids is 1. The lowest BCUT2D eigenvalue weighted by atomic mass is 9.79. The molecule has 1 N–H and O–H groups in total. The zero-order valence-corrected chi connectivity index (χ0v) is 13.7. The molecule has 7 nitrogen and oxygen atoms in total. The first-order valence-electron chi connectivity index (χ1n) is 8.40. The van der Waals surface area contributed by atoms with Gasteiger partial charge in [0.05, 0.1) is 25.8 Å². The Morgan fingerprint density at radius 1 is 1.38 bits per heavy atom. The van der Waals surface area contributed by atoms with Gasteiger partial charge in [-0.2, -0.15) is 9.90 Å². The number of rotatable bonds is 2. The van der Waals surface area contributed by atoms with Crippen LogP contribution in [0, 0.1) is 0 Å². The molecule has 1 aromatic carbocycles. The van der Waals surface area contributed by atoms with Gasteiger partial charge in [-0.1, -0.05) is 18.2 Å². The maximum Gasteiger partial charge on any atom is 0.323 e. The van der Waals surface area contributed by atoms with Crippen LogP contribution in [0.5, 0.6) is 5.75 Å². The molecule has 2 aromatic rings. The van der Waals surface area contributed by atoms with Crippen LogP contribution in [-0.4, -0.2) is 38.1 Å². The summed E-state index contributed by atoms with van der Waals surface area (Å²) in [6.45, 7) is 3.75. The zero-order chi connectivity index (χ0) is 16.6. The number of fused-ring (bicyclic) bond motifs is 1. The first kappa shape index (κ1) is 15.0. The van der Waals surface area contributed by atoms with Crippen molar-refractivity contribution in [2.75, 3.05) is 11.9 Å². The third-order valence-electron chi connectivity index (χ3n) is 4.75. The van der Waals surface area contributed by atoms with Gasteiger partial charge < -0.3 is 9.64 Å². The Balaban J connectivity index is 1.56. The highest BCUT2D eigenvalue weighted by atomic mass is 16.5. The second kappa shape index (κ2) is 5.81. The standard InChI is InChI=1S/C17H21N5O2/c1-2-22-18-10-15(20-22)19-16(23)21-11-13-6-3-4-7-14(13)24-17(12-21)8-5-9-17/h3-4,6-7,10H,2,5,8-9,11-12H2,1H3,(H,19,20,23). The Morgan fingerprint density at radius 3 is 2.92 bits per heavy atom. The number of amides is 2. The number of para-hydroxylation sites is 1. The van der Waals surface area contributed by atoms with E-state index in [2.05, 4.69) is 15.5 Å². The van der Waals surface area contributed by atoms with Crippen LogP contribution in [0.4, 0.5) is 10.6 Å². The molecule has 24 heavy (non-hydrogen) atoms. The van der Waals surface area contributed by atoms with Gasteiger partial charge in [-0.25, -0.2) is 4.79 Å². The molecule has 1 aromatic heterocycles. The predicted octanol–water partition coefficient (Wildman–Crippen LogP) is 2.65. The molecule has 0 bridgehead atoms. The number of aryl methyl sites for hydroxylation is 1. The van der Waals surface area contributed by atoms with Gasteiger partial charge in [-0.15, -0.1) is 5.10 Å². The van der Waals surface area contributed by atoms with Crippen molar-refractivity contribution in [3.05, 3.63) is 36.0 Å². The lowest BCUT2D eigenvalue weighted by Gasteiger charge is -2.42. The van der Waals surface area contributed by atoms with Crippen LogP contribution in [0.1, 0.15) is 31.7 Å². The molecule has 0 radical (unpaired) electrons. The van der Waals surface area contributed by atoms with Crippen molar-refractivity contribution >= 4 is 11.8 Å². The van der Waals surface area contributed by atoms with Crippen molar-refractivity contribution in [2.45, 2.75) is 44.9 Å². The molecule has 0 unspecified atom stereocenters. The Morgan fingerprint density at radius 2 is 2.21 bits per heavy atom. The van der Waals surface area contributed by atoms with E-state index in [1.807, 2.05) is 36.1 Å². The van der Waals surface area contributed by atoms with E-state index in [0.717, 1.165) is 30.6 Å². The van der Waals surface area contributed by atoms with Crippen LogP contribution < -0.4 is 10.1 Å². The third-order valence-corrected chi connectivity index (χ3v) is 4.75. The summed E-state index contributed by atoms with van der Waals surface area (Å²) < 4.78 is 6.28. The molecular weight excluding hydrogens is 306 g/mol. The van der Waals surface area contributed by atoms with E-state index in [1.165, 1.54) is 0 Å². The number of hydrogen-bond acceptors (Lipinski definition) is 4. The first-order chi connectivity index (χ1) is 11.7. The number of aromatic nitrogens is 3. The van der Waals surface area contributed by atoms with E-state index in [1.54, 1.807) is 11.0 Å². The highest BCUT2D eigenvalue weighted by Gasteiger charge is 2.44. The fourth-order valence-corrected chi connectivity index (χ4v) is 3.28. The van der Waals surface area contributed by atoms with Gasteiger partial charge in [0.1, 0.15) is 11.4 Å². The Hall–Kier alpha value is -2.57. The summed E-state index contributed by atoms with van der Waals surface area (Å²) in [6, 6.07) is 7.79. The van der Waals surface area contributed by atoms with E-state index in [0.29, 0.717) is 25.5 Å². The molecule has 2 aliphatic rings. The summed E-state index contributed by atoms with van der Waals surface area (Å²) in [4.78, 5) is 16.1. The van der Waals surface area contributed by atoms with E-state index < -0.39 is 0 Å². The minimum atomic E-state index is -0.245. The summed E-state index contributed by atoms with van der Waals surface area (Å²) in [6.07, 6.45) is 4.68. The maximum absolute atomic E-state index is 12.7. The maximum atomic E-state index is 12.7. The van der Waals surface area contributed by atoms with Gasteiger partial charge in [0.25, 0.3) is 0 Å². The molecule has 1 spiro atoms. The molecule has 1 aliphatic carbocycles. The number of benzene rings is 1. The molecule has 1 fully saturated rings. The molecule has 0 atom stereocenters. The number of nitrogens with one attached hydrogen (secondary N) is 1. The Kier molecular flexibility index (Phi) is 3.63. The topological polar surface area (TPSA) is 72.3 Å². The van der Waals surface area contributed by atoms with Crippen molar-refractivity contribution in [3.63, 3.8) is 0 Å².